The van der Waals surface area contributed by atoms with Gasteiger partial charge in [-0.1, -0.05) is 30.3 Å². The van der Waals surface area contributed by atoms with Crippen LogP contribution in [-0.4, -0.2) is 52.5 Å². The van der Waals surface area contributed by atoms with Gasteiger partial charge in [0, 0.05) is 17.6 Å². The van der Waals surface area contributed by atoms with Gasteiger partial charge in [0.15, 0.2) is 5.75 Å². The van der Waals surface area contributed by atoms with E-state index in [1.165, 1.54) is 24.3 Å². The molecule has 0 atom stereocenters. The van der Waals surface area contributed by atoms with Crippen LogP contribution in [0, 0.1) is 0 Å². The van der Waals surface area contributed by atoms with E-state index in [0.717, 1.165) is 18.2 Å². The van der Waals surface area contributed by atoms with E-state index >= 15 is 0 Å². The van der Waals surface area contributed by atoms with Gasteiger partial charge in [-0.3, -0.25) is 5.04 Å². The Morgan fingerprint density at radius 1 is 0.922 bits per heavy atom. The maximum atomic E-state index is 12.1. The topological polar surface area (TPSA) is 255 Å². The molecule has 0 bridgehead atoms. The number of aromatic hydroxyl groups is 1. The fourth-order valence-electron chi connectivity index (χ4n) is 4.45. The van der Waals surface area contributed by atoms with Gasteiger partial charge in [-0.2, -0.15) is 19.3 Å². The van der Waals surface area contributed by atoms with Crippen molar-refractivity contribution in [1.29, 1.82) is 0 Å². The number of para-hydroxylation sites is 1. The minimum atomic E-state index is -5.10. The van der Waals surface area contributed by atoms with Gasteiger partial charge in [0.2, 0.25) is 17.2 Å². The molecule has 5 aromatic rings. The van der Waals surface area contributed by atoms with Crippen molar-refractivity contribution in [2.75, 3.05) is 16.8 Å². The summed E-state index contributed by atoms with van der Waals surface area (Å²) >= 11 is 6.45. The number of hydrogen-bond acceptors (Lipinski definition) is 18. The first-order valence-electron chi connectivity index (χ1n) is 13.2. The normalized spacial score (nSPS) is 11.4. The van der Waals surface area contributed by atoms with Crippen LogP contribution in [0.1, 0.15) is 6.92 Å². The van der Waals surface area contributed by atoms with Crippen LogP contribution < -0.4 is 104 Å². The van der Waals surface area contributed by atoms with E-state index < -0.39 is 41.5 Å². The van der Waals surface area contributed by atoms with E-state index in [0.29, 0.717) is 12.2 Å². The Balaban J connectivity index is 0.00000300. The summed E-state index contributed by atoms with van der Waals surface area (Å²) in [5, 5.41) is 35.5. The summed E-state index contributed by atoms with van der Waals surface area (Å²) in [4.78, 5) is 12.7. The predicted molar refractivity (Wildman–Crippen MR) is 167 cm³/mol. The summed E-state index contributed by atoms with van der Waals surface area (Å²) in [7, 11) is -10.1. The second-order valence-corrected chi connectivity index (χ2v) is 13.2. The molecule has 5 rings (SSSR count). The number of azo groups is 1. The molecule has 0 aliphatic carbocycles. The Bertz CT molecular complexity index is 2260. The van der Waals surface area contributed by atoms with Crippen LogP contribution in [0.15, 0.2) is 97.7 Å². The summed E-state index contributed by atoms with van der Waals surface area (Å²) in [6.45, 7) is 2.24. The van der Waals surface area contributed by atoms with Gasteiger partial charge in [0.25, 0.3) is 0 Å². The number of phenolic OH excluding ortho intramolecular Hbond substituents is 1. The zero-order chi connectivity index (χ0) is 34.6. The molecule has 0 aliphatic rings. The molecule has 0 amide bonds. The van der Waals surface area contributed by atoms with E-state index in [4.69, 9.17) is 11.6 Å². The summed E-state index contributed by atoms with van der Waals surface area (Å²) in [5.41, 5.74) is -0.348. The van der Waals surface area contributed by atoms with Crippen molar-refractivity contribution in [3.8, 4) is 5.75 Å². The Hall–Kier alpha value is -1.51. The Morgan fingerprint density at radius 2 is 1.59 bits per heavy atom. The zero-order valence-corrected chi connectivity index (χ0v) is 36.2. The zero-order valence-electron chi connectivity index (χ0n) is 27.0. The molecule has 0 saturated carbocycles. The minimum absolute atomic E-state index is 0. The van der Waals surface area contributed by atoms with Crippen LogP contribution in [0.4, 0.5) is 34.6 Å². The maximum Gasteiger partial charge on any atom is 1.00 e. The Kier molecular flexibility index (Phi) is 17.6. The first kappa shape index (κ1) is 45.6. The molecule has 1 aromatic heterocycles. The number of nitrogens with zero attached hydrogens (tertiary/aromatic N) is 6. The smallest absolute Gasteiger partial charge is 0.744 e. The van der Waals surface area contributed by atoms with Gasteiger partial charge in [-0.25, -0.2) is 16.8 Å². The molecule has 0 radical (unpaired) electrons. The van der Waals surface area contributed by atoms with Crippen molar-refractivity contribution in [2.24, 2.45) is 10.2 Å². The predicted octanol–water partition coefficient (Wildman–Crippen LogP) is -4.25. The maximum absolute atomic E-state index is 12.1. The van der Waals surface area contributed by atoms with Crippen LogP contribution in [-0.2, 0) is 29.6 Å². The molecule has 0 spiro atoms. The molecule has 1 heterocycles. The molecule has 0 saturated heterocycles. The van der Waals surface area contributed by atoms with E-state index in [-0.39, 0.29) is 145 Å². The van der Waals surface area contributed by atoms with Crippen molar-refractivity contribution < 1.29 is 134 Å². The third kappa shape index (κ3) is 11.3. The van der Waals surface area contributed by atoms with Gasteiger partial charge in [0.1, 0.15) is 31.6 Å². The molecule has 51 heavy (non-hydrogen) atoms. The van der Waals surface area contributed by atoms with Crippen molar-refractivity contribution in [3.05, 3.63) is 78.1 Å². The molecule has 2 N–H and O–H groups in total. The van der Waals surface area contributed by atoms with Crippen LogP contribution in [0.25, 0.3) is 10.8 Å². The molecule has 0 unspecified atom stereocenters. The van der Waals surface area contributed by atoms with Crippen LogP contribution in [0.5, 0.6) is 5.75 Å². The standard InChI is InChI=1S/C27H22ClN7O10S3.3Na/c1-2-35(16-8-4-3-5-9-16)27-31-25(28)30-26(32-27)29-19-14-17(47(38,39)40)12-15-13-20(46-45-44-37)23(24(36)22(15)19)34-33-18-10-6-7-11-21(18)48(41,42)43;;;/h3-14,36-37H,2H2,1H3,(H,38,39,40)(H,41,42,43)(H,29,30,31,32);;;/q;3*+1/p-3. The average Bonchev–Trinajstić information content (AvgIpc) is 3.03. The second kappa shape index (κ2) is 19.7. The van der Waals surface area contributed by atoms with Gasteiger partial charge < -0.3 is 29.7 Å². The number of phenols is 1. The fourth-order valence-corrected chi connectivity index (χ4v) is 6.24. The second-order valence-electron chi connectivity index (χ2n) is 9.37. The third-order valence-electron chi connectivity index (χ3n) is 6.42. The van der Waals surface area contributed by atoms with Crippen molar-refractivity contribution in [2.45, 2.75) is 21.6 Å². The molecular weight excluding hydrogens is 783 g/mol. The first-order valence-corrected chi connectivity index (χ1v) is 17.1. The number of aromatic nitrogens is 3. The largest absolute Gasteiger partial charge is 1.00 e. The van der Waals surface area contributed by atoms with Crippen molar-refractivity contribution in [1.82, 2.24) is 15.0 Å². The van der Waals surface area contributed by atoms with Crippen molar-refractivity contribution >= 4 is 89.3 Å². The summed E-state index contributed by atoms with van der Waals surface area (Å²) in [5.74, 6) is -0.852. The molecule has 250 valence electrons. The van der Waals surface area contributed by atoms with Crippen LogP contribution in [0.3, 0.4) is 0 Å². The SMILES string of the molecule is CCN(c1ccccc1)c1nc(Cl)nc(Nc2cc(S(=O)(=O)[O-])cc3cc(SOO[O-])c(N=Nc4ccccc4S(=O)(=O)[O-])c(O)c23)n1.[Na+].[Na+].[Na+]. The summed E-state index contributed by atoms with van der Waals surface area (Å²) in [6.07, 6.45) is 0. The van der Waals surface area contributed by atoms with Crippen LogP contribution >= 0.6 is 23.6 Å². The Morgan fingerprint density at radius 3 is 2.22 bits per heavy atom. The van der Waals surface area contributed by atoms with Crippen molar-refractivity contribution in [3.63, 3.8) is 0 Å². The monoisotopic (exact) mass is 801 g/mol. The molecule has 4 aromatic carbocycles. The Labute approximate surface area is 366 Å². The van der Waals surface area contributed by atoms with E-state index in [1.54, 1.807) is 29.2 Å². The van der Waals surface area contributed by atoms with E-state index in [2.05, 4.69) is 39.9 Å². The number of fused-ring (bicyclic) bond motifs is 1. The number of benzene rings is 4. The van der Waals surface area contributed by atoms with Gasteiger partial charge in [-0.05, 0) is 66.4 Å². The summed E-state index contributed by atoms with van der Waals surface area (Å²) < 4.78 is 76.0. The molecule has 0 aliphatic heterocycles. The van der Waals surface area contributed by atoms with Gasteiger partial charge >= 0.3 is 88.7 Å². The number of rotatable bonds is 12. The fraction of sp³-hybridized carbons (Fsp3) is 0.0741. The minimum Gasteiger partial charge on any atom is -0.744 e. The number of anilines is 4. The number of halogens is 1. The molecular formula is C27H19ClN7Na3O10S3. The molecule has 24 heteroatoms. The van der Waals surface area contributed by atoms with E-state index in [9.17, 15) is 36.3 Å². The van der Waals surface area contributed by atoms with Gasteiger partial charge in [0.05, 0.1) is 32.4 Å². The number of hydrogen-bond donors (Lipinski definition) is 2. The number of nitrogens with one attached hydrogen (secondary N) is 1. The molecule has 0 fully saturated rings. The summed E-state index contributed by atoms with van der Waals surface area (Å²) in [6, 6.07) is 16.9. The van der Waals surface area contributed by atoms with E-state index in [1.807, 2.05) is 13.0 Å². The average molecular weight is 802 g/mol. The third-order valence-corrected chi connectivity index (χ3v) is 8.90. The van der Waals surface area contributed by atoms with Crippen LogP contribution in [0.2, 0.25) is 5.28 Å². The quantitative estimate of drug-likeness (QED) is 0.0303. The first-order chi connectivity index (χ1) is 22.8. The van der Waals surface area contributed by atoms with Gasteiger partial charge in [-0.15, -0.1) is 10.2 Å². The molecule has 17 nitrogen and oxygen atoms in total.